The Morgan fingerprint density at radius 3 is 2.54 bits per heavy atom. The topological polar surface area (TPSA) is 63.9 Å². The molecule has 0 bridgehead atoms. The van der Waals surface area contributed by atoms with Crippen LogP contribution >= 0.6 is 0 Å². The maximum absolute atomic E-state index is 13.0. The van der Waals surface area contributed by atoms with Gasteiger partial charge in [0, 0.05) is 32.0 Å². The van der Waals surface area contributed by atoms with E-state index in [1.54, 1.807) is 0 Å². The lowest BCUT2D eigenvalue weighted by Gasteiger charge is -2.39. The van der Waals surface area contributed by atoms with Crippen LogP contribution in [0.25, 0.3) is 0 Å². The molecule has 3 heterocycles. The van der Waals surface area contributed by atoms with Crippen molar-refractivity contribution < 1.29 is 23.1 Å². The molecule has 2 aromatic rings. The van der Waals surface area contributed by atoms with Crippen LogP contribution in [0.2, 0.25) is 0 Å². The molecule has 0 atom stereocenters. The summed E-state index contributed by atoms with van der Waals surface area (Å²) in [5.41, 5.74) is 2.69. The van der Waals surface area contributed by atoms with E-state index in [-0.39, 0.29) is 5.76 Å². The summed E-state index contributed by atoms with van der Waals surface area (Å²) in [6, 6.07) is 7.39. The highest BCUT2D eigenvalue weighted by Gasteiger charge is 2.40. The van der Waals surface area contributed by atoms with Crippen molar-refractivity contribution in [3.8, 4) is 0 Å². The zero-order chi connectivity index (χ0) is 18.1. The van der Waals surface area contributed by atoms with Gasteiger partial charge in [0.05, 0.1) is 24.6 Å². The summed E-state index contributed by atoms with van der Waals surface area (Å²) < 4.78 is 29.4. The molecule has 2 aliphatic rings. The molecule has 1 aromatic heterocycles. The largest absolute Gasteiger partial charge is 0.426 e. The van der Waals surface area contributed by atoms with Crippen LogP contribution in [0.5, 0.6) is 0 Å². The van der Waals surface area contributed by atoms with Crippen molar-refractivity contribution in [3.05, 3.63) is 47.7 Å². The summed E-state index contributed by atoms with van der Waals surface area (Å²) in [5, 5.41) is 2.84. The first-order chi connectivity index (χ1) is 12.6. The minimum Gasteiger partial charge on any atom is -0.426 e. The van der Waals surface area contributed by atoms with Crippen LogP contribution in [-0.2, 0) is 9.47 Å². The average Bonchev–Trinajstić information content (AvgIpc) is 3.26. The molecule has 4 rings (SSSR count). The van der Waals surface area contributed by atoms with Gasteiger partial charge in [-0.15, -0.1) is 0 Å². The second kappa shape index (κ2) is 6.74. The standard InChI is InChI=1S/C19H21FN2O4/c1-13-3-2-4-14(21-18(23)15-5-6-16(20)26-15)17(13)22-9-7-19(8-10-22)24-11-12-25-19/h2-6H,7-12H2,1H3,(H,21,23). The molecule has 1 spiro atoms. The van der Waals surface area contributed by atoms with Gasteiger partial charge in [-0.1, -0.05) is 12.1 Å². The van der Waals surface area contributed by atoms with E-state index in [9.17, 15) is 9.18 Å². The van der Waals surface area contributed by atoms with Gasteiger partial charge in [0.25, 0.3) is 11.9 Å². The minimum absolute atomic E-state index is 0.0553. The zero-order valence-electron chi connectivity index (χ0n) is 14.6. The maximum Gasteiger partial charge on any atom is 0.291 e. The number of carbonyl (C=O) groups is 1. The van der Waals surface area contributed by atoms with Crippen molar-refractivity contribution in [1.82, 2.24) is 0 Å². The first-order valence-electron chi connectivity index (χ1n) is 8.75. The Kier molecular flexibility index (Phi) is 4.42. The first-order valence-corrected chi connectivity index (χ1v) is 8.75. The number of hydrogen-bond donors (Lipinski definition) is 1. The molecule has 0 aliphatic carbocycles. The Morgan fingerprint density at radius 1 is 1.15 bits per heavy atom. The molecule has 1 N–H and O–H groups in total. The highest BCUT2D eigenvalue weighted by Crippen LogP contribution is 2.37. The molecule has 1 aromatic carbocycles. The van der Waals surface area contributed by atoms with Gasteiger partial charge < -0.3 is 24.1 Å². The van der Waals surface area contributed by atoms with Crippen LogP contribution in [0.3, 0.4) is 0 Å². The van der Waals surface area contributed by atoms with Crippen LogP contribution in [0, 0.1) is 12.9 Å². The van der Waals surface area contributed by atoms with E-state index < -0.39 is 17.7 Å². The van der Waals surface area contributed by atoms with Crippen LogP contribution in [-0.4, -0.2) is 38.0 Å². The van der Waals surface area contributed by atoms with Gasteiger partial charge in [-0.05, 0) is 24.6 Å². The lowest BCUT2D eigenvalue weighted by atomic mass is 10.0. The van der Waals surface area contributed by atoms with Gasteiger partial charge >= 0.3 is 0 Å². The number of piperidine rings is 1. The third-order valence-corrected chi connectivity index (χ3v) is 4.94. The normalized spacial score (nSPS) is 19.1. The molecule has 1 amide bonds. The minimum atomic E-state index is -0.780. The third-order valence-electron chi connectivity index (χ3n) is 4.94. The highest BCUT2D eigenvalue weighted by atomic mass is 19.1. The van der Waals surface area contributed by atoms with E-state index in [2.05, 4.69) is 10.2 Å². The highest BCUT2D eigenvalue weighted by molar-refractivity contribution is 6.04. The van der Waals surface area contributed by atoms with Crippen LogP contribution in [0.1, 0.15) is 29.0 Å². The molecule has 138 valence electrons. The fraction of sp³-hybridized carbons (Fsp3) is 0.421. The summed E-state index contributed by atoms with van der Waals surface area (Å²) in [4.78, 5) is 14.6. The fourth-order valence-electron chi connectivity index (χ4n) is 3.66. The Morgan fingerprint density at radius 2 is 1.88 bits per heavy atom. The molecule has 0 radical (unpaired) electrons. The number of hydrogen-bond acceptors (Lipinski definition) is 5. The summed E-state index contributed by atoms with van der Waals surface area (Å²) in [7, 11) is 0. The summed E-state index contributed by atoms with van der Waals surface area (Å²) in [6.07, 6.45) is 1.55. The molecule has 2 aliphatic heterocycles. The Labute approximate surface area is 150 Å². The second-order valence-corrected chi connectivity index (χ2v) is 6.62. The number of furan rings is 1. The van der Waals surface area contributed by atoms with E-state index >= 15 is 0 Å². The number of carbonyl (C=O) groups excluding carboxylic acids is 1. The fourth-order valence-corrected chi connectivity index (χ4v) is 3.66. The predicted molar refractivity (Wildman–Crippen MR) is 93.9 cm³/mol. The molecule has 2 fully saturated rings. The Hall–Kier alpha value is -2.38. The zero-order valence-corrected chi connectivity index (χ0v) is 14.6. The summed E-state index contributed by atoms with van der Waals surface area (Å²) in [5.74, 6) is -0.981. The monoisotopic (exact) mass is 360 g/mol. The summed E-state index contributed by atoms with van der Waals surface area (Å²) in [6.45, 7) is 4.83. The smallest absolute Gasteiger partial charge is 0.291 e. The average molecular weight is 360 g/mol. The van der Waals surface area contributed by atoms with Crippen molar-refractivity contribution in [2.75, 3.05) is 36.5 Å². The Balaban J connectivity index is 1.54. The van der Waals surface area contributed by atoms with Gasteiger partial charge in [-0.3, -0.25) is 4.79 Å². The van der Waals surface area contributed by atoms with Crippen LogP contribution < -0.4 is 10.2 Å². The number of aryl methyl sites for hydroxylation is 1. The van der Waals surface area contributed by atoms with Crippen molar-refractivity contribution in [2.45, 2.75) is 25.6 Å². The van der Waals surface area contributed by atoms with Gasteiger partial charge in [-0.2, -0.15) is 4.39 Å². The molecular formula is C19H21FN2O4. The van der Waals surface area contributed by atoms with E-state index in [4.69, 9.17) is 13.9 Å². The number of ether oxygens (including phenoxy) is 2. The number of benzene rings is 1. The van der Waals surface area contributed by atoms with Gasteiger partial charge in [-0.25, -0.2) is 0 Å². The van der Waals surface area contributed by atoms with E-state index in [0.717, 1.165) is 43.2 Å². The molecule has 0 unspecified atom stereocenters. The molecule has 6 nitrogen and oxygen atoms in total. The van der Waals surface area contributed by atoms with E-state index in [1.165, 1.54) is 6.07 Å². The maximum atomic E-state index is 13.0. The number of halogens is 1. The lowest BCUT2D eigenvalue weighted by Crippen LogP contribution is -2.45. The molecule has 2 saturated heterocycles. The second-order valence-electron chi connectivity index (χ2n) is 6.62. The SMILES string of the molecule is Cc1cccc(NC(=O)c2ccc(F)o2)c1N1CCC2(CC1)OCCO2. The van der Waals surface area contributed by atoms with E-state index in [0.29, 0.717) is 18.9 Å². The molecular weight excluding hydrogens is 339 g/mol. The quantitative estimate of drug-likeness (QED) is 0.910. The lowest BCUT2D eigenvalue weighted by molar-refractivity contribution is -0.169. The first kappa shape index (κ1) is 17.1. The summed E-state index contributed by atoms with van der Waals surface area (Å²) >= 11 is 0. The molecule has 26 heavy (non-hydrogen) atoms. The number of para-hydroxylation sites is 1. The van der Waals surface area contributed by atoms with Crippen LogP contribution in [0.15, 0.2) is 34.7 Å². The van der Waals surface area contributed by atoms with Crippen LogP contribution in [0.4, 0.5) is 15.8 Å². The van der Waals surface area contributed by atoms with E-state index in [1.807, 2.05) is 25.1 Å². The molecule has 7 heteroatoms. The predicted octanol–water partition coefficient (Wildman–Crippen LogP) is 3.32. The van der Waals surface area contributed by atoms with Crippen molar-refractivity contribution in [1.29, 1.82) is 0 Å². The molecule has 0 saturated carbocycles. The van der Waals surface area contributed by atoms with Gasteiger partial charge in [0.15, 0.2) is 11.5 Å². The number of rotatable bonds is 3. The number of amides is 1. The third kappa shape index (κ3) is 3.20. The number of nitrogens with one attached hydrogen (secondary N) is 1. The number of nitrogens with zero attached hydrogens (tertiary/aromatic N) is 1. The number of anilines is 2. The van der Waals surface area contributed by atoms with Crippen molar-refractivity contribution >= 4 is 17.3 Å². The van der Waals surface area contributed by atoms with Gasteiger partial charge in [0.1, 0.15) is 0 Å². The van der Waals surface area contributed by atoms with Gasteiger partial charge in [0.2, 0.25) is 0 Å². The van der Waals surface area contributed by atoms with Crippen molar-refractivity contribution in [3.63, 3.8) is 0 Å². The Bertz CT molecular complexity index is 804. The van der Waals surface area contributed by atoms with Crippen molar-refractivity contribution in [2.24, 2.45) is 0 Å².